The van der Waals surface area contributed by atoms with E-state index in [0.717, 1.165) is 11.1 Å². The van der Waals surface area contributed by atoms with Crippen LogP contribution in [0.15, 0.2) is 54.6 Å². The number of benzene rings is 2. The van der Waals surface area contributed by atoms with E-state index in [2.05, 4.69) is 10.6 Å². The van der Waals surface area contributed by atoms with Crippen molar-refractivity contribution in [3.05, 3.63) is 70.7 Å². The summed E-state index contributed by atoms with van der Waals surface area (Å²) in [7, 11) is 0. The second kappa shape index (κ2) is 8.89. The van der Waals surface area contributed by atoms with Crippen molar-refractivity contribution in [1.29, 1.82) is 0 Å². The Hall–Kier alpha value is -2.86. The Labute approximate surface area is 168 Å². The van der Waals surface area contributed by atoms with Crippen LogP contribution in [0.1, 0.15) is 36.9 Å². The molecule has 3 rings (SSSR count). The number of hydrogen-bond donors (Lipinski definition) is 2. The summed E-state index contributed by atoms with van der Waals surface area (Å²) in [6, 6.07) is 15.1. The van der Waals surface area contributed by atoms with Crippen LogP contribution in [0.3, 0.4) is 0 Å². The fourth-order valence-corrected chi connectivity index (χ4v) is 3.42. The minimum absolute atomic E-state index is 0.144. The van der Waals surface area contributed by atoms with E-state index in [-0.39, 0.29) is 30.7 Å². The molecule has 1 aliphatic rings. The maximum Gasteiger partial charge on any atom is 0.325 e. The van der Waals surface area contributed by atoms with Crippen LogP contribution in [0.25, 0.3) is 0 Å². The van der Waals surface area contributed by atoms with Crippen LogP contribution in [0.5, 0.6) is 0 Å². The van der Waals surface area contributed by atoms with Crippen LogP contribution in [-0.2, 0) is 16.1 Å². The highest BCUT2D eigenvalue weighted by atomic mass is 35.5. The molecule has 1 fully saturated rings. The smallest absolute Gasteiger partial charge is 0.325 e. The Bertz CT molecular complexity index is 872. The molecule has 0 unspecified atom stereocenters. The van der Waals surface area contributed by atoms with Crippen LogP contribution in [0.4, 0.5) is 4.79 Å². The zero-order valence-electron chi connectivity index (χ0n) is 15.5. The summed E-state index contributed by atoms with van der Waals surface area (Å²) in [4.78, 5) is 38.3. The molecule has 146 valence electrons. The van der Waals surface area contributed by atoms with Gasteiger partial charge in [-0.25, -0.2) is 4.79 Å². The Morgan fingerprint density at radius 1 is 1.18 bits per heavy atom. The lowest BCUT2D eigenvalue weighted by Gasteiger charge is -2.21. The topological polar surface area (TPSA) is 78.5 Å². The van der Waals surface area contributed by atoms with Crippen molar-refractivity contribution in [3.8, 4) is 0 Å². The fourth-order valence-electron chi connectivity index (χ4n) is 3.20. The molecule has 2 aromatic carbocycles. The molecule has 0 spiro atoms. The standard InChI is InChI=1S/C21H22ClN3O3/c1-14(16-7-3-2-4-8-16)25-20(27)18(24-21(25)28)10-11-19(26)23-13-15-6-5-9-17(22)12-15/h2-9,12,14,18H,10-11,13H2,1H3,(H,23,26)(H,24,28)/t14-,18-/m1/s1. The van der Waals surface area contributed by atoms with Gasteiger partial charge in [0, 0.05) is 18.0 Å². The maximum absolute atomic E-state index is 12.7. The van der Waals surface area contributed by atoms with Crippen LogP contribution in [0.2, 0.25) is 5.02 Å². The summed E-state index contributed by atoms with van der Waals surface area (Å²) in [6.45, 7) is 2.18. The zero-order chi connectivity index (χ0) is 20.1. The molecule has 0 aromatic heterocycles. The second-order valence-corrected chi connectivity index (χ2v) is 7.18. The van der Waals surface area contributed by atoms with Crippen molar-refractivity contribution in [3.63, 3.8) is 0 Å². The average molecular weight is 400 g/mol. The van der Waals surface area contributed by atoms with Crippen molar-refractivity contribution in [2.24, 2.45) is 0 Å². The van der Waals surface area contributed by atoms with E-state index < -0.39 is 12.1 Å². The molecule has 0 radical (unpaired) electrons. The van der Waals surface area contributed by atoms with Gasteiger partial charge >= 0.3 is 6.03 Å². The van der Waals surface area contributed by atoms with Gasteiger partial charge in [0.2, 0.25) is 5.91 Å². The quantitative estimate of drug-likeness (QED) is 0.700. The number of nitrogens with zero attached hydrogens (tertiary/aromatic N) is 1. The molecule has 0 bridgehead atoms. The predicted octanol–water partition coefficient (Wildman–Crippen LogP) is 3.42. The molecule has 6 nitrogen and oxygen atoms in total. The molecule has 1 heterocycles. The van der Waals surface area contributed by atoms with Gasteiger partial charge in [0.05, 0.1) is 6.04 Å². The van der Waals surface area contributed by atoms with Crippen LogP contribution in [-0.4, -0.2) is 28.8 Å². The summed E-state index contributed by atoms with van der Waals surface area (Å²) in [5.41, 5.74) is 1.78. The minimum Gasteiger partial charge on any atom is -0.352 e. The van der Waals surface area contributed by atoms with Crippen LogP contribution in [0, 0.1) is 0 Å². The van der Waals surface area contributed by atoms with E-state index >= 15 is 0 Å². The van der Waals surface area contributed by atoms with E-state index in [4.69, 9.17) is 11.6 Å². The average Bonchev–Trinajstić information content (AvgIpc) is 2.98. The number of urea groups is 1. The molecule has 1 saturated heterocycles. The van der Waals surface area contributed by atoms with Gasteiger partial charge in [-0.15, -0.1) is 0 Å². The van der Waals surface area contributed by atoms with Gasteiger partial charge in [0.15, 0.2) is 0 Å². The van der Waals surface area contributed by atoms with Gasteiger partial charge in [-0.1, -0.05) is 54.1 Å². The van der Waals surface area contributed by atoms with Crippen LogP contribution >= 0.6 is 11.6 Å². The fraction of sp³-hybridized carbons (Fsp3) is 0.286. The van der Waals surface area contributed by atoms with Crippen molar-refractivity contribution >= 4 is 29.4 Å². The normalized spacial score (nSPS) is 17.4. The summed E-state index contributed by atoms with van der Waals surface area (Å²) in [6.07, 6.45) is 0.398. The third-order valence-electron chi connectivity index (χ3n) is 4.76. The number of hydrogen-bond acceptors (Lipinski definition) is 3. The summed E-state index contributed by atoms with van der Waals surface area (Å²) >= 11 is 5.93. The lowest BCUT2D eigenvalue weighted by Crippen LogP contribution is -2.34. The molecule has 4 amide bonds. The number of carbonyl (C=O) groups excluding carboxylic acids is 3. The molecule has 2 aromatic rings. The lowest BCUT2D eigenvalue weighted by molar-refractivity contribution is -0.129. The maximum atomic E-state index is 12.7. The Balaban J connectivity index is 1.51. The van der Waals surface area contributed by atoms with E-state index in [1.807, 2.05) is 49.4 Å². The number of imide groups is 1. The van der Waals surface area contributed by atoms with E-state index in [1.165, 1.54) is 4.90 Å². The Morgan fingerprint density at radius 2 is 1.93 bits per heavy atom. The van der Waals surface area contributed by atoms with Gasteiger partial charge in [-0.3, -0.25) is 14.5 Å². The highest BCUT2D eigenvalue weighted by Gasteiger charge is 2.40. The van der Waals surface area contributed by atoms with Crippen molar-refractivity contribution in [2.75, 3.05) is 0 Å². The molecule has 1 aliphatic heterocycles. The Kier molecular flexibility index (Phi) is 6.31. The van der Waals surface area contributed by atoms with E-state index in [0.29, 0.717) is 11.6 Å². The first-order chi connectivity index (χ1) is 13.5. The zero-order valence-corrected chi connectivity index (χ0v) is 16.3. The SMILES string of the molecule is C[C@H](c1ccccc1)N1C(=O)N[C@H](CCC(=O)NCc2cccc(Cl)c2)C1=O. The minimum atomic E-state index is -0.685. The largest absolute Gasteiger partial charge is 0.352 e. The highest BCUT2D eigenvalue weighted by Crippen LogP contribution is 2.25. The van der Waals surface area contributed by atoms with Gasteiger partial charge in [-0.2, -0.15) is 0 Å². The molecule has 7 heteroatoms. The van der Waals surface area contributed by atoms with Gasteiger partial charge in [0.1, 0.15) is 6.04 Å². The Morgan fingerprint density at radius 3 is 2.64 bits per heavy atom. The van der Waals surface area contributed by atoms with Crippen molar-refractivity contribution < 1.29 is 14.4 Å². The molecular formula is C21H22ClN3O3. The molecule has 28 heavy (non-hydrogen) atoms. The number of nitrogens with one attached hydrogen (secondary N) is 2. The first-order valence-corrected chi connectivity index (χ1v) is 9.53. The number of rotatable bonds is 7. The first kappa shape index (κ1) is 19.9. The predicted molar refractivity (Wildman–Crippen MR) is 107 cm³/mol. The molecule has 2 N–H and O–H groups in total. The van der Waals surface area contributed by atoms with Crippen LogP contribution < -0.4 is 10.6 Å². The third kappa shape index (κ3) is 4.70. The van der Waals surface area contributed by atoms with Gasteiger partial charge < -0.3 is 10.6 Å². The van der Waals surface area contributed by atoms with Crippen molar-refractivity contribution in [2.45, 2.75) is 38.4 Å². The number of halogens is 1. The van der Waals surface area contributed by atoms with E-state index in [9.17, 15) is 14.4 Å². The third-order valence-corrected chi connectivity index (χ3v) is 5.00. The van der Waals surface area contributed by atoms with E-state index in [1.54, 1.807) is 12.1 Å². The van der Waals surface area contributed by atoms with Gasteiger partial charge in [-0.05, 0) is 36.6 Å². The summed E-state index contributed by atoms with van der Waals surface area (Å²) in [5, 5.41) is 6.09. The molecular weight excluding hydrogens is 378 g/mol. The summed E-state index contributed by atoms with van der Waals surface area (Å²) in [5.74, 6) is -0.486. The summed E-state index contributed by atoms with van der Waals surface area (Å²) < 4.78 is 0. The molecule has 0 aliphatic carbocycles. The monoisotopic (exact) mass is 399 g/mol. The number of carbonyl (C=O) groups is 3. The lowest BCUT2D eigenvalue weighted by atomic mass is 10.1. The van der Waals surface area contributed by atoms with Gasteiger partial charge in [0.25, 0.3) is 5.91 Å². The molecule has 0 saturated carbocycles. The molecule has 2 atom stereocenters. The number of amides is 4. The van der Waals surface area contributed by atoms with Crippen molar-refractivity contribution in [1.82, 2.24) is 15.5 Å². The highest BCUT2D eigenvalue weighted by molar-refractivity contribution is 6.30. The first-order valence-electron chi connectivity index (χ1n) is 9.15. The second-order valence-electron chi connectivity index (χ2n) is 6.74.